The number of unbranched alkanes of at least 4 members (excludes halogenated alkanes) is 2. The Morgan fingerprint density at radius 3 is 2.45 bits per heavy atom. The zero-order chi connectivity index (χ0) is 35.6. The van der Waals surface area contributed by atoms with Crippen molar-refractivity contribution in [2.45, 2.75) is 75.5 Å². The molecule has 0 radical (unpaired) electrons. The number of rotatable bonds is 16. The monoisotopic (exact) mass is 710 g/mol. The molecule has 3 atom stereocenters. The number of benzene rings is 2. The molecule has 1 heterocycles. The van der Waals surface area contributed by atoms with Gasteiger partial charge in [0.1, 0.15) is 17.1 Å². The van der Waals surface area contributed by atoms with Gasteiger partial charge in [-0.2, -0.15) is 17.6 Å². The van der Waals surface area contributed by atoms with Gasteiger partial charge < -0.3 is 25.8 Å². The molecule has 264 valence electrons. The number of alkyl halides is 4. The van der Waals surface area contributed by atoms with E-state index in [1.54, 1.807) is 30.3 Å². The number of aromatic nitrogens is 1. The maximum atomic E-state index is 15.1. The first kappa shape index (κ1) is 37.4. The van der Waals surface area contributed by atoms with E-state index in [0.717, 1.165) is 12.1 Å². The second kappa shape index (κ2) is 16.8. The van der Waals surface area contributed by atoms with Gasteiger partial charge in [0.15, 0.2) is 0 Å². The topological polar surface area (TPSA) is 130 Å². The van der Waals surface area contributed by atoms with E-state index in [2.05, 4.69) is 25.7 Å². The van der Waals surface area contributed by atoms with Crippen LogP contribution in [0.2, 0.25) is 5.02 Å². The van der Waals surface area contributed by atoms with Crippen LogP contribution in [0.15, 0.2) is 66.9 Å². The molecule has 49 heavy (non-hydrogen) atoms. The summed E-state index contributed by atoms with van der Waals surface area (Å²) in [6.45, 7) is 0.338. The van der Waals surface area contributed by atoms with Crippen molar-refractivity contribution in [2.75, 3.05) is 6.54 Å². The third kappa shape index (κ3) is 10.3. The second-order valence-corrected chi connectivity index (χ2v) is 12.2. The molecular formula is C34H36ClF5N4O5. The molecule has 0 aliphatic heterocycles. The van der Waals surface area contributed by atoms with Crippen LogP contribution in [0.3, 0.4) is 0 Å². The minimum absolute atomic E-state index is 0.0428. The highest BCUT2D eigenvalue weighted by molar-refractivity contribution is 6.30. The normalized spacial score (nSPS) is 17.3. The second-order valence-electron chi connectivity index (χ2n) is 11.8. The Kier molecular flexibility index (Phi) is 12.8. The number of halogens is 6. The van der Waals surface area contributed by atoms with Gasteiger partial charge in [-0.25, -0.2) is 9.18 Å². The van der Waals surface area contributed by atoms with Crippen LogP contribution in [0.5, 0.6) is 5.75 Å². The number of aliphatic carboxylic acids is 1. The van der Waals surface area contributed by atoms with Gasteiger partial charge in [0.2, 0.25) is 5.91 Å². The molecule has 4 rings (SSSR count). The summed E-state index contributed by atoms with van der Waals surface area (Å²) in [5.74, 6) is -3.76. The first-order valence-corrected chi connectivity index (χ1v) is 16.1. The number of carboxylic acids is 1. The quantitative estimate of drug-likeness (QED) is 0.0954. The summed E-state index contributed by atoms with van der Waals surface area (Å²) < 4.78 is 73.3. The van der Waals surface area contributed by atoms with Crippen LogP contribution < -0.4 is 20.7 Å². The number of hydrogen-bond acceptors (Lipinski definition) is 5. The van der Waals surface area contributed by atoms with E-state index >= 15 is 4.39 Å². The van der Waals surface area contributed by atoms with Crippen molar-refractivity contribution in [3.05, 3.63) is 94.5 Å². The molecule has 0 spiro atoms. The number of amides is 3. The highest BCUT2D eigenvalue weighted by atomic mass is 35.5. The number of ether oxygens (including phenoxy) is 1. The van der Waals surface area contributed by atoms with E-state index in [0.29, 0.717) is 56.7 Å². The molecule has 1 aromatic heterocycles. The number of carbonyl (C=O) groups is 3. The van der Waals surface area contributed by atoms with Crippen LogP contribution in [0, 0.1) is 11.7 Å². The first-order valence-electron chi connectivity index (χ1n) is 15.7. The summed E-state index contributed by atoms with van der Waals surface area (Å²) in [5.41, 5.74) is -1.24. The Bertz CT molecular complexity index is 1580. The fourth-order valence-corrected chi connectivity index (χ4v) is 6.00. The van der Waals surface area contributed by atoms with Crippen LogP contribution in [0.4, 0.5) is 26.7 Å². The van der Waals surface area contributed by atoms with Crippen LogP contribution in [-0.4, -0.2) is 53.1 Å². The zero-order valence-corrected chi connectivity index (χ0v) is 27.0. The average Bonchev–Trinajstić information content (AvgIpc) is 3.50. The summed E-state index contributed by atoms with van der Waals surface area (Å²) in [4.78, 5) is 42.0. The van der Waals surface area contributed by atoms with Crippen molar-refractivity contribution in [2.24, 2.45) is 5.92 Å². The van der Waals surface area contributed by atoms with Gasteiger partial charge in [0, 0.05) is 37.7 Å². The molecule has 0 unspecified atom stereocenters. The molecule has 15 heteroatoms. The summed E-state index contributed by atoms with van der Waals surface area (Å²) in [6, 6.07) is 12.5. The van der Waals surface area contributed by atoms with Gasteiger partial charge in [0.25, 0.3) is 0 Å². The Labute approximate surface area is 284 Å². The van der Waals surface area contributed by atoms with E-state index in [9.17, 15) is 31.9 Å². The van der Waals surface area contributed by atoms with Crippen molar-refractivity contribution in [1.29, 1.82) is 0 Å². The maximum absolute atomic E-state index is 15.1. The third-order valence-electron chi connectivity index (χ3n) is 8.21. The standard InChI is InChI=1S/C34H36ClF5N4O5/c35-23-13-14-28(42-20-23)33(19-21-8-3-1-4-9-21,22-16-24(36)18-25(17-22)49-34(39,40)31(37)38)44-32(48)43-27-11-7-10-26(27)30(47)41-15-6-2-5-12-29(45)46/h1,3-4,8-9,13-14,16-18,20,26-27,31H,2,5-7,10-12,15,19H2,(H,41,47)(H,45,46)(H2,43,44,48)/t26-,27+,33-/m0/s1. The molecule has 3 aromatic rings. The lowest BCUT2D eigenvalue weighted by molar-refractivity contribution is -0.253. The van der Waals surface area contributed by atoms with Crippen LogP contribution in [0.25, 0.3) is 0 Å². The summed E-state index contributed by atoms with van der Waals surface area (Å²) >= 11 is 6.10. The molecule has 0 saturated heterocycles. The number of nitrogens with one attached hydrogen (secondary N) is 3. The fraction of sp³-hybridized carbons (Fsp3) is 0.412. The van der Waals surface area contributed by atoms with E-state index in [-0.39, 0.29) is 35.0 Å². The van der Waals surface area contributed by atoms with Crippen molar-refractivity contribution >= 4 is 29.5 Å². The van der Waals surface area contributed by atoms with E-state index in [4.69, 9.17) is 16.7 Å². The van der Waals surface area contributed by atoms with Gasteiger partial charge in [-0.15, -0.1) is 0 Å². The number of pyridine rings is 1. The number of carbonyl (C=O) groups excluding carboxylic acids is 2. The summed E-state index contributed by atoms with van der Waals surface area (Å²) in [6.07, 6.45) is -4.64. The molecule has 4 N–H and O–H groups in total. The maximum Gasteiger partial charge on any atom is 0.461 e. The van der Waals surface area contributed by atoms with Gasteiger partial charge in [-0.3, -0.25) is 14.6 Å². The molecule has 9 nitrogen and oxygen atoms in total. The van der Waals surface area contributed by atoms with Gasteiger partial charge in [0.05, 0.1) is 16.6 Å². The number of carboxylic acid groups (broad SMARTS) is 1. The Balaban J connectivity index is 1.65. The van der Waals surface area contributed by atoms with Gasteiger partial charge in [-0.05, 0) is 61.1 Å². The van der Waals surface area contributed by atoms with Crippen LogP contribution in [-0.2, 0) is 21.5 Å². The Hall–Kier alpha value is -4.46. The SMILES string of the molecule is O=C(O)CCCCCNC(=O)[C@H]1CCC[C@H]1NC(=O)N[C@@](Cc1ccccc1)(c1cc(F)cc(OC(F)(F)C(F)F)c1)c1ccc(Cl)cn1. The van der Waals surface area contributed by atoms with E-state index < -0.39 is 53.6 Å². The third-order valence-corrected chi connectivity index (χ3v) is 8.44. The lowest BCUT2D eigenvalue weighted by atomic mass is 9.80. The molecule has 0 bridgehead atoms. The molecule has 3 amide bonds. The van der Waals surface area contributed by atoms with E-state index in [1.165, 1.54) is 18.3 Å². The van der Waals surface area contributed by atoms with Crippen LogP contribution >= 0.6 is 11.6 Å². The van der Waals surface area contributed by atoms with Crippen molar-refractivity contribution in [1.82, 2.24) is 20.9 Å². The largest absolute Gasteiger partial charge is 0.481 e. The molecule has 1 aliphatic rings. The predicted molar refractivity (Wildman–Crippen MR) is 170 cm³/mol. The number of urea groups is 1. The van der Waals surface area contributed by atoms with Crippen molar-refractivity contribution < 1.29 is 46.2 Å². The number of hydrogen-bond donors (Lipinski definition) is 4. The lowest BCUT2D eigenvalue weighted by Gasteiger charge is -2.36. The van der Waals surface area contributed by atoms with Crippen LogP contribution in [0.1, 0.15) is 61.8 Å². The molecule has 1 saturated carbocycles. The van der Waals surface area contributed by atoms with E-state index in [1.807, 2.05) is 0 Å². The van der Waals surface area contributed by atoms with Gasteiger partial charge in [-0.1, -0.05) is 54.8 Å². The van der Waals surface area contributed by atoms with Gasteiger partial charge >= 0.3 is 24.5 Å². The first-order chi connectivity index (χ1) is 23.3. The number of nitrogens with zero attached hydrogens (tertiary/aromatic N) is 1. The smallest absolute Gasteiger partial charge is 0.461 e. The molecular weight excluding hydrogens is 675 g/mol. The summed E-state index contributed by atoms with van der Waals surface area (Å²) in [5, 5.41) is 17.5. The lowest BCUT2D eigenvalue weighted by Crippen LogP contribution is -2.55. The van der Waals surface area contributed by atoms with Crippen molar-refractivity contribution in [3.8, 4) is 5.75 Å². The summed E-state index contributed by atoms with van der Waals surface area (Å²) in [7, 11) is 0. The Morgan fingerprint density at radius 1 is 1.02 bits per heavy atom. The average molecular weight is 711 g/mol. The fourth-order valence-electron chi connectivity index (χ4n) is 5.89. The highest BCUT2D eigenvalue weighted by Crippen LogP contribution is 2.37. The zero-order valence-electron chi connectivity index (χ0n) is 26.2. The Morgan fingerprint density at radius 2 is 1.78 bits per heavy atom. The molecule has 2 aromatic carbocycles. The highest BCUT2D eigenvalue weighted by Gasteiger charge is 2.45. The predicted octanol–water partition coefficient (Wildman–Crippen LogP) is 6.83. The molecule has 1 aliphatic carbocycles. The molecule has 1 fully saturated rings. The van der Waals surface area contributed by atoms with Crippen molar-refractivity contribution in [3.63, 3.8) is 0 Å². The minimum Gasteiger partial charge on any atom is -0.481 e. The minimum atomic E-state index is -4.94.